The smallest absolute Gasteiger partial charge is 0.171 e. The predicted octanol–water partition coefficient (Wildman–Crippen LogP) is 2.13. The van der Waals surface area contributed by atoms with E-state index < -0.39 is 0 Å². The first-order valence-electron chi connectivity index (χ1n) is 4.12. The minimum Gasteiger partial charge on any atom is -0.492 e. The predicted molar refractivity (Wildman–Crippen MR) is 58.3 cm³/mol. The first kappa shape index (κ1) is 9.46. The van der Waals surface area contributed by atoms with Crippen molar-refractivity contribution in [3.05, 3.63) is 26.8 Å². The molecule has 0 atom stereocenters. The molecule has 0 saturated heterocycles. The van der Waals surface area contributed by atoms with Crippen molar-refractivity contribution in [2.75, 3.05) is 6.61 Å². The van der Waals surface area contributed by atoms with Gasteiger partial charge in [0.1, 0.15) is 11.8 Å². The molecule has 1 aromatic rings. The molecule has 0 unspecified atom stereocenters. The van der Waals surface area contributed by atoms with E-state index in [1.54, 1.807) is 12.1 Å². The Bertz CT molecular complexity index is 448. The maximum atomic E-state index is 11.6. The fourth-order valence-corrected chi connectivity index (χ4v) is 2.01. The number of fused-ring (bicyclic) bond motifs is 1. The Morgan fingerprint density at radius 1 is 1.50 bits per heavy atom. The number of rotatable bonds is 0. The van der Waals surface area contributed by atoms with Crippen LogP contribution in [0.4, 0.5) is 0 Å². The highest BCUT2D eigenvalue weighted by molar-refractivity contribution is 14.1. The maximum absolute atomic E-state index is 11.6. The van der Waals surface area contributed by atoms with E-state index in [-0.39, 0.29) is 5.78 Å². The Labute approximate surface area is 94.8 Å². The van der Waals surface area contributed by atoms with Gasteiger partial charge >= 0.3 is 0 Å². The van der Waals surface area contributed by atoms with Crippen LogP contribution in [0.3, 0.4) is 0 Å². The molecule has 1 aliphatic heterocycles. The van der Waals surface area contributed by atoms with E-state index in [1.807, 2.05) is 28.7 Å². The van der Waals surface area contributed by atoms with Crippen molar-refractivity contribution in [3.63, 3.8) is 0 Å². The molecular formula is C10H6INO2. The molecule has 70 valence electrons. The van der Waals surface area contributed by atoms with Gasteiger partial charge in [0.25, 0.3) is 0 Å². The van der Waals surface area contributed by atoms with Gasteiger partial charge in [0.2, 0.25) is 0 Å². The molecule has 0 fully saturated rings. The first-order chi connectivity index (χ1) is 6.74. The molecular weight excluding hydrogens is 293 g/mol. The summed E-state index contributed by atoms with van der Waals surface area (Å²) < 4.78 is 6.11. The summed E-state index contributed by atoms with van der Waals surface area (Å²) in [7, 11) is 0. The minimum absolute atomic E-state index is 0.00122. The van der Waals surface area contributed by atoms with Crippen LogP contribution in [-0.2, 0) is 0 Å². The lowest BCUT2D eigenvalue weighted by molar-refractivity contribution is 0.0933. The van der Waals surface area contributed by atoms with Crippen LogP contribution >= 0.6 is 22.6 Å². The van der Waals surface area contributed by atoms with Crippen molar-refractivity contribution >= 4 is 28.4 Å². The van der Waals surface area contributed by atoms with E-state index in [4.69, 9.17) is 10.00 Å². The number of ether oxygens (including phenoxy) is 1. The lowest BCUT2D eigenvalue weighted by Crippen LogP contribution is -2.17. The van der Waals surface area contributed by atoms with Crippen molar-refractivity contribution < 1.29 is 9.53 Å². The van der Waals surface area contributed by atoms with Crippen molar-refractivity contribution in [1.29, 1.82) is 5.26 Å². The number of benzene rings is 1. The summed E-state index contributed by atoms with van der Waals surface area (Å²) in [5.74, 6) is 0.541. The van der Waals surface area contributed by atoms with Gasteiger partial charge in [0, 0.05) is 9.99 Å². The number of hydrogen-bond acceptors (Lipinski definition) is 3. The molecule has 0 N–H and O–H groups in total. The molecule has 1 aromatic carbocycles. The van der Waals surface area contributed by atoms with Crippen LogP contribution in [-0.4, -0.2) is 12.4 Å². The van der Waals surface area contributed by atoms with Crippen LogP contribution in [0, 0.1) is 14.9 Å². The number of carbonyl (C=O) groups is 1. The van der Waals surface area contributed by atoms with Gasteiger partial charge in [-0.3, -0.25) is 4.79 Å². The van der Waals surface area contributed by atoms with Gasteiger partial charge in [-0.2, -0.15) is 5.26 Å². The van der Waals surface area contributed by atoms with E-state index in [0.717, 1.165) is 3.57 Å². The zero-order valence-electron chi connectivity index (χ0n) is 7.21. The SMILES string of the molecule is N#Cc1c(I)ccc2c1C(=O)CCO2. The van der Waals surface area contributed by atoms with Gasteiger partial charge in [-0.1, -0.05) is 0 Å². The lowest BCUT2D eigenvalue weighted by Gasteiger charge is -2.17. The second kappa shape index (κ2) is 3.58. The van der Waals surface area contributed by atoms with Crippen molar-refractivity contribution in [2.24, 2.45) is 0 Å². The summed E-state index contributed by atoms with van der Waals surface area (Å²) in [5.41, 5.74) is 0.887. The molecule has 0 spiro atoms. The first-order valence-corrected chi connectivity index (χ1v) is 5.20. The second-order valence-electron chi connectivity index (χ2n) is 2.93. The Morgan fingerprint density at radius 2 is 2.29 bits per heavy atom. The molecule has 0 saturated carbocycles. The number of Topliss-reactive ketones (excluding diaryl/α,β-unsaturated/α-hetero) is 1. The molecule has 0 amide bonds. The summed E-state index contributed by atoms with van der Waals surface area (Å²) in [6, 6.07) is 5.58. The van der Waals surface area contributed by atoms with Crippen LogP contribution < -0.4 is 4.74 Å². The van der Waals surface area contributed by atoms with Crippen LogP contribution in [0.5, 0.6) is 5.75 Å². The Morgan fingerprint density at radius 3 is 3.00 bits per heavy atom. The molecule has 1 aliphatic rings. The fraction of sp³-hybridized carbons (Fsp3) is 0.200. The topological polar surface area (TPSA) is 50.1 Å². The fourth-order valence-electron chi connectivity index (χ4n) is 1.44. The molecule has 14 heavy (non-hydrogen) atoms. The lowest BCUT2D eigenvalue weighted by atomic mass is 10.00. The minimum atomic E-state index is 0.00122. The van der Waals surface area contributed by atoms with E-state index in [1.165, 1.54) is 0 Å². The molecule has 0 radical (unpaired) electrons. The molecule has 1 heterocycles. The number of nitriles is 1. The average molecular weight is 299 g/mol. The molecule has 4 heteroatoms. The highest BCUT2D eigenvalue weighted by Gasteiger charge is 2.23. The zero-order valence-corrected chi connectivity index (χ0v) is 9.37. The third kappa shape index (κ3) is 1.38. The quantitative estimate of drug-likeness (QED) is 0.690. The third-order valence-electron chi connectivity index (χ3n) is 2.09. The molecule has 3 nitrogen and oxygen atoms in total. The van der Waals surface area contributed by atoms with Gasteiger partial charge < -0.3 is 4.74 Å². The van der Waals surface area contributed by atoms with Crippen LogP contribution in [0.15, 0.2) is 12.1 Å². The van der Waals surface area contributed by atoms with E-state index in [9.17, 15) is 4.79 Å². The Kier molecular flexibility index (Phi) is 2.42. The normalized spacial score (nSPS) is 14.1. The summed E-state index contributed by atoms with van der Waals surface area (Å²) in [4.78, 5) is 11.6. The molecule has 2 rings (SSSR count). The van der Waals surface area contributed by atoms with Crippen molar-refractivity contribution in [3.8, 4) is 11.8 Å². The van der Waals surface area contributed by atoms with Crippen LogP contribution in [0.1, 0.15) is 22.3 Å². The van der Waals surface area contributed by atoms with E-state index >= 15 is 0 Å². The highest BCUT2D eigenvalue weighted by atomic mass is 127. The van der Waals surface area contributed by atoms with E-state index in [0.29, 0.717) is 29.9 Å². The van der Waals surface area contributed by atoms with Gasteiger partial charge in [-0.15, -0.1) is 0 Å². The van der Waals surface area contributed by atoms with Crippen LogP contribution in [0.2, 0.25) is 0 Å². The van der Waals surface area contributed by atoms with Gasteiger partial charge in [-0.05, 0) is 34.7 Å². The third-order valence-corrected chi connectivity index (χ3v) is 2.99. The Balaban J connectivity index is 2.71. The number of halogens is 1. The monoisotopic (exact) mass is 299 g/mol. The van der Waals surface area contributed by atoms with Gasteiger partial charge in [0.15, 0.2) is 5.78 Å². The van der Waals surface area contributed by atoms with Crippen molar-refractivity contribution in [2.45, 2.75) is 6.42 Å². The summed E-state index contributed by atoms with van der Waals surface area (Å²) in [5, 5.41) is 8.93. The number of nitrogens with zero attached hydrogens (tertiary/aromatic N) is 1. The number of ketones is 1. The molecule has 0 aromatic heterocycles. The summed E-state index contributed by atoms with van der Waals surface area (Å²) in [6.07, 6.45) is 0.363. The number of hydrogen-bond donors (Lipinski definition) is 0. The maximum Gasteiger partial charge on any atom is 0.171 e. The standard InChI is InChI=1S/C10H6INO2/c11-7-1-2-9-10(6(7)5-12)8(13)3-4-14-9/h1-2H,3-4H2. The van der Waals surface area contributed by atoms with Crippen LogP contribution in [0.25, 0.3) is 0 Å². The summed E-state index contributed by atoms with van der Waals surface area (Å²) in [6.45, 7) is 0.414. The van der Waals surface area contributed by atoms with E-state index in [2.05, 4.69) is 0 Å². The second-order valence-corrected chi connectivity index (χ2v) is 4.09. The highest BCUT2D eigenvalue weighted by Crippen LogP contribution is 2.30. The van der Waals surface area contributed by atoms with Gasteiger partial charge in [0.05, 0.1) is 17.7 Å². The average Bonchev–Trinajstić information content (AvgIpc) is 2.19. The number of carbonyl (C=O) groups excluding carboxylic acids is 1. The van der Waals surface area contributed by atoms with Crippen molar-refractivity contribution in [1.82, 2.24) is 0 Å². The Hall–Kier alpha value is -1.09. The summed E-state index contributed by atoms with van der Waals surface area (Å²) >= 11 is 2.05. The molecule has 0 bridgehead atoms. The zero-order chi connectivity index (χ0) is 10.1. The largest absolute Gasteiger partial charge is 0.492 e. The molecule has 0 aliphatic carbocycles. The van der Waals surface area contributed by atoms with Gasteiger partial charge in [-0.25, -0.2) is 0 Å².